The van der Waals surface area contributed by atoms with Gasteiger partial charge >= 0.3 is 6.18 Å². The van der Waals surface area contributed by atoms with E-state index in [0.717, 1.165) is 31.4 Å². The first-order valence-electron chi connectivity index (χ1n) is 5.97. The number of alkyl halides is 3. The lowest BCUT2D eigenvalue weighted by Gasteiger charge is -2.34. The first-order chi connectivity index (χ1) is 8.43. The molecule has 0 saturated heterocycles. The Balaban J connectivity index is 2.33. The molecule has 1 N–H and O–H groups in total. The van der Waals surface area contributed by atoms with Gasteiger partial charge in [0, 0.05) is 6.04 Å². The lowest BCUT2D eigenvalue weighted by Crippen LogP contribution is -2.30. The Morgan fingerprint density at radius 2 is 1.94 bits per heavy atom. The van der Waals surface area contributed by atoms with E-state index in [-0.39, 0.29) is 6.04 Å². The molecule has 1 unspecified atom stereocenters. The highest BCUT2D eigenvalue weighted by atomic mass is 19.4. The zero-order valence-electron chi connectivity index (χ0n) is 10.0. The van der Waals surface area contributed by atoms with Crippen LogP contribution in [0, 0.1) is 11.7 Å². The third kappa shape index (κ3) is 2.51. The number of hydrogen-bond donors (Lipinski definition) is 1. The van der Waals surface area contributed by atoms with E-state index in [9.17, 15) is 17.6 Å². The van der Waals surface area contributed by atoms with Crippen LogP contribution >= 0.6 is 0 Å². The van der Waals surface area contributed by atoms with Gasteiger partial charge in [-0.25, -0.2) is 4.39 Å². The van der Waals surface area contributed by atoms with E-state index in [0.29, 0.717) is 11.5 Å². The standard InChI is InChI=1S/C13H15F4N/c1-18-12(8-3-2-4-8)9-5-6-11(14)10(7-9)13(15,16)17/h5-8,12,18H,2-4H2,1H3. The third-order valence-corrected chi connectivity index (χ3v) is 3.59. The van der Waals surface area contributed by atoms with Gasteiger partial charge in [0.15, 0.2) is 0 Å². The van der Waals surface area contributed by atoms with Crippen molar-refractivity contribution in [3.05, 3.63) is 35.1 Å². The molecule has 5 heteroatoms. The molecule has 1 aliphatic rings. The molecular weight excluding hydrogens is 246 g/mol. The second kappa shape index (κ2) is 4.88. The normalized spacial score (nSPS) is 18.5. The highest BCUT2D eigenvalue weighted by Gasteiger charge is 2.35. The van der Waals surface area contributed by atoms with E-state index in [4.69, 9.17) is 0 Å². The van der Waals surface area contributed by atoms with Crippen LogP contribution in [0.4, 0.5) is 17.6 Å². The first-order valence-corrected chi connectivity index (χ1v) is 5.97. The van der Waals surface area contributed by atoms with Gasteiger partial charge < -0.3 is 5.32 Å². The summed E-state index contributed by atoms with van der Waals surface area (Å²) in [6.07, 6.45) is -1.53. The fourth-order valence-corrected chi connectivity index (χ4v) is 2.40. The molecule has 1 aromatic carbocycles. The summed E-state index contributed by atoms with van der Waals surface area (Å²) in [6, 6.07) is 3.14. The lowest BCUT2D eigenvalue weighted by molar-refractivity contribution is -0.140. The minimum atomic E-state index is -4.64. The Morgan fingerprint density at radius 3 is 2.39 bits per heavy atom. The second-order valence-corrected chi connectivity index (χ2v) is 4.69. The fraction of sp³-hybridized carbons (Fsp3) is 0.538. The summed E-state index contributed by atoms with van der Waals surface area (Å²) in [5.74, 6) is -0.865. The van der Waals surface area contributed by atoms with Crippen molar-refractivity contribution in [1.29, 1.82) is 0 Å². The molecule has 1 aromatic rings. The minimum absolute atomic E-state index is 0.125. The van der Waals surface area contributed by atoms with Gasteiger partial charge in [-0.3, -0.25) is 0 Å². The van der Waals surface area contributed by atoms with Gasteiger partial charge in [0.05, 0.1) is 5.56 Å². The third-order valence-electron chi connectivity index (χ3n) is 3.59. The second-order valence-electron chi connectivity index (χ2n) is 4.69. The van der Waals surface area contributed by atoms with Crippen LogP contribution in [0.15, 0.2) is 18.2 Å². The number of hydrogen-bond acceptors (Lipinski definition) is 1. The molecular formula is C13H15F4N. The summed E-state index contributed by atoms with van der Waals surface area (Å²) in [5.41, 5.74) is -0.671. The Morgan fingerprint density at radius 1 is 1.28 bits per heavy atom. The van der Waals surface area contributed by atoms with Gasteiger partial charge in [0.1, 0.15) is 5.82 Å². The summed E-state index contributed by atoms with van der Waals surface area (Å²) in [7, 11) is 1.72. The van der Waals surface area contributed by atoms with Crippen LogP contribution in [0.25, 0.3) is 0 Å². The van der Waals surface area contributed by atoms with Gasteiger partial charge in [-0.2, -0.15) is 13.2 Å². The maximum Gasteiger partial charge on any atom is 0.419 e. The number of halogens is 4. The van der Waals surface area contributed by atoms with Crippen LogP contribution < -0.4 is 5.32 Å². The van der Waals surface area contributed by atoms with Gasteiger partial charge in [0.25, 0.3) is 0 Å². The molecule has 1 aliphatic carbocycles. The summed E-state index contributed by atoms with van der Waals surface area (Å²) >= 11 is 0. The summed E-state index contributed by atoms with van der Waals surface area (Å²) in [6.45, 7) is 0. The van der Waals surface area contributed by atoms with Crippen LogP contribution in [0.2, 0.25) is 0 Å². The molecule has 0 bridgehead atoms. The molecule has 0 spiro atoms. The molecule has 0 amide bonds. The van der Waals surface area contributed by atoms with E-state index in [1.165, 1.54) is 6.07 Å². The average molecular weight is 261 g/mol. The molecule has 0 aromatic heterocycles. The number of nitrogens with one attached hydrogen (secondary N) is 1. The van der Waals surface area contributed by atoms with Crippen molar-refractivity contribution in [1.82, 2.24) is 5.32 Å². The summed E-state index contributed by atoms with van der Waals surface area (Å²) < 4.78 is 51.1. The molecule has 18 heavy (non-hydrogen) atoms. The van der Waals surface area contributed by atoms with E-state index >= 15 is 0 Å². The van der Waals surface area contributed by atoms with Gasteiger partial charge in [-0.15, -0.1) is 0 Å². The van der Waals surface area contributed by atoms with Crippen molar-refractivity contribution in [3.8, 4) is 0 Å². The number of rotatable bonds is 3. The molecule has 1 saturated carbocycles. The quantitative estimate of drug-likeness (QED) is 0.813. The van der Waals surface area contributed by atoms with Crippen molar-refractivity contribution >= 4 is 0 Å². The van der Waals surface area contributed by atoms with Crippen LogP contribution in [0.5, 0.6) is 0 Å². The molecule has 1 atom stereocenters. The van der Waals surface area contributed by atoms with E-state index in [1.807, 2.05) is 0 Å². The maximum atomic E-state index is 13.2. The van der Waals surface area contributed by atoms with Crippen LogP contribution in [-0.4, -0.2) is 7.05 Å². The summed E-state index contributed by atoms with van der Waals surface area (Å²) in [5, 5.41) is 3.03. The maximum absolute atomic E-state index is 13.2. The molecule has 1 nitrogen and oxygen atoms in total. The van der Waals surface area contributed by atoms with Crippen LogP contribution in [0.3, 0.4) is 0 Å². The van der Waals surface area contributed by atoms with Crippen LogP contribution in [0.1, 0.15) is 36.4 Å². The van der Waals surface area contributed by atoms with Gasteiger partial charge in [-0.1, -0.05) is 12.5 Å². The zero-order chi connectivity index (χ0) is 13.3. The zero-order valence-corrected chi connectivity index (χ0v) is 10.0. The van der Waals surface area contributed by atoms with Crippen molar-refractivity contribution in [3.63, 3.8) is 0 Å². The number of benzene rings is 1. The predicted molar refractivity (Wildman–Crippen MR) is 60.5 cm³/mol. The largest absolute Gasteiger partial charge is 0.419 e. The van der Waals surface area contributed by atoms with Crippen molar-refractivity contribution in [2.45, 2.75) is 31.5 Å². The SMILES string of the molecule is CNC(c1ccc(F)c(C(F)(F)F)c1)C1CCC1. The molecule has 0 radical (unpaired) electrons. The van der Waals surface area contributed by atoms with Crippen molar-refractivity contribution in [2.75, 3.05) is 7.05 Å². The average Bonchev–Trinajstić information content (AvgIpc) is 2.22. The Kier molecular flexibility index (Phi) is 3.61. The fourth-order valence-electron chi connectivity index (χ4n) is 2.40. The molecule has 2 rings (SSSR count). The Hall–Kier alpha value is -1.10. The van der Waals surface area contributed by atoms with E-state index in [1.54, 1.807) is 7.05 Å². The first kappa shape index (κ1) is 13.3. The summed E-state index contributed by atoms with van der Waals surface area (Å²) in [4.78, 5) is 0. The van der Waals surface area contributed by atoms with Crippen molar-refractivity contribution < 1.29 is 17.6 Å². The topological polar surface area (TPSA) is 12.0 Å². The van der Waals surface area contributed by atoms with Crippen LogP contribution in [-0.2, 0) is 6.18 Å². The highest BCUT2D eigenvalue weighted by molar-refractivity contribution is 5.30. The molecule has 0 heterocycles. The smallest absolute Gasteiger partial charge is 0.313 e. The molecule has 0 aliphatic heterocycles. The molecule has 1 fully saturated rings. The Bertz CT molecular complexity index is 423. The lowest BCUT2D eigenvalue weighted by atomic mass is 9.77. The van der Waals surface area contributed by atoms with Gasteiger partial charge in [-0.05, 0) is 43.5 Å². The Labute approximate surface area is 103 Å². The highest BCUT2D eigenvalue weighted by Crippen LogP contribution is 2.39. The minimum Gasteiger partial charge on any atom is -0.313 e. The van der Waals surface area contributed by atoms with E-state index < -0.39 is 17.6 Å². The monoisotopic (exact) mass is 261 g/mol. The predicted octanol–water partition coefficient (Wildman–Crippen LogP) is 3.91. The van der Waals surface area contributed by atoms with Gasteiger partial charge in [0.2, 0.25) is 0 Å². The molecule has 100 valence electrons. The van der Waals surface area contributed by atoms with E-state index in [2.05, 4.69) is 5.32 Å². The van der Waals surface area contributed by atoms with Crippen molar-refractivity contribution in [2.24, 2.45) is 5.92 Å².